The Kier molecular flexibility index (Phi) is 5.55. The van der Waals surface area contributed by atoms with Gasteiger partial charge in [0.05, 0.1) is 24.6 Å². The minimum absolute atomic E-state index is 0.0579. The molecule has 2 aromatic heterocycles. The number of methoxy groups -OCH3 is 1. The van der Waals surface area contributed by atoms with Crippen LogP contribution in [0.3, 0.4) is 0 Å². The first-order chi connectivity index (χ1) is 15.0. The summed E-state index contributed by atoms with van der Waals surface area (Å²) in [5.74, 6) is -0.355. The zero-order valence-electron chi connectivity index (χ0n) is 16.7. The fourth-order valence-corrected chi connectivity index (χ4v) is 3.22. The van der Waals surface area contributed by atoms with Crippen molar-refractivity contribution in [1.82, 2.24) is 14.6 Å². The number of fused-ring (bicyclic) bond motifs is 1. The second-order valence-electron chi connectivity index (χ2n) is 6.69. The molecule has 2 aromatic carbocycles. The summed E-state index contributed by atoms with van der Waals surface area (Å²) in [6.45, 7) is 2.01. The molecule has 8 nitrogen and oxygen atoms in total. The van der Waals surface area contributed by atoms with Crippen LogP contribution in [0.4, 0.5) is 0 Å². The number of hydrogen-bond donors (Lipinski definition) is 1. The van der Waals surface area contributed by atoms with Gasteiger partial charge in [-0.25, -0.2) is 14.3 Å². The molecule has 4 aromatic rings. The Hall–Kier alpha value is -3.91. The van der Waals surface area contributed by atoms with E-state index in [0.717, 1.165) is 16.8 Å². The topological polar surface area (TPSA) is 104 Å². The molecule has 0 atom stereocenters. The van der Waals surface area contributed by atoms with Gasteiger partial charge in [-0.3, -0.25) is 0 Å². The SMILES string of the molecule is COc1ccc(Cl)cc1/C(N)=N/OC(=O)c1cnn2c(-c3ccc(C)cc3)ccnc12. The summed E-state index contributed by atoms with van der Waals surface area (Å²) >= 11 is 6.01. The molecule has 4 rings (SSSR count). The minimum Gasteiger partial charge on any atom is -0.496 e. The van der Waals surface area contributed by atoms with Gasteiger partial charge >= 0.3 is 5.97 Å². The highest BCUT2D eigenvalue weighted by Crippen LogP contribution is 2.23. The summed E-state index contributed by atoms with van der Waals surface area (Å²) in [5.41, 5.74) is 9.74. The van der Waals surface area contributed by atoms with E-state index in [0.29, 0.717) is 22.0 Å². The van der Waals surface area contributed by atoms with Crippen molar-refractivity contribution in [2.45, 2.75) is 6.92 Å². The number of amidine groups is 1. The van der Waals surface area contributed by atoms with Crippen molar-refractivity contribution in [2.75, 3.05) is 7.11 Å². The van der Waals surface area contributed by atoms with Crippen molar-refractivity contribution in [1.29, 1.82) is 0 Å². The van der Waals surface area contributed by atoms with Gasteiger partial charge in [-0.05, 0) is 31.2 Å². The van der Waals surface area contributed by atoms with E-state index >= 15 is 0 Å². The summed E-state index contributed by atoms with van der Waals surface area (Å²) in [7, 11) is 1.49. The number of rotatable bonds is 5. The van der Waals surface area contributed by atoms with Crippen molar-refractivity contribution in [2.24, 2.45) is 10.9 Å². The van der Waals surface area contributed by atoms with Gasteiger partial charge in [0.1, 0.15) is 11.3 Å². The highest BCUT2D eigenvalue weighted by Gasteiger charge is 2.18. The van der Waals surface area contributed by atoms with Crippen molar-refractivity contribution >= 4 is 29.1 Å². The molecule has 0 saturated heterocycles. The molecule has 0 aliphatic rings. The molecule has 0 aliphatic carbocycles. The summed E-state index contributed by atoms with van der Waals surface area (Å²) in [6, 6.07) is 14.6. The van der Waals surface area contributed by atoms with Crippen molar-refractivity contribution in [3.05, 3.63) is 82.6 Å². The van der Waals surface area contributed by atoms with Crippen molar-refractivity contribution < 1.29 is 14.4 Å². The Morgan fingerprint density at radius 1 is 1.13 bits per heavy atom. The molecule has 9 heteroatoms. The zero-order valence-corrected chi connectivity index (χ0v) is 17.5. The second-order valence-corrected chi connectivity index (χ2v) is 7.13. The number of carbonyl (C=O) groups is 1. The van der Waals surface area contributed by atoms with Crippen LogP contribution < -0.4 is 10.5 Å². The maximum Gasteiger partial charge on any atom is 0.371 e. The standard InChI is InChI=1S/C22H18ClN5O3/c1-13-3-5-14(6-4-13)18-9-10-25-21-17(12-26-28(18)21)22(29)31-27-20(24)16-11-15(23)7-8-19(16)30-2/h3-12H,1-2H3,(H2,24,27). The molecule has 0 spiro atoms. The number of carbonyl (C=O) groups excluding carboxylic acids is 1. The van der Waals surface area contributed by atoms with E-state index in [1.165, 1.54) is 13.3 Å². The normalized spacial score (nSPS) is 11.5. The fraction of sp³-hybridized carbons (Fsp3) is 0.0909. The maximum atomic E-state index is 12.6. The number of benzene rings is 2. The van der Waals surface area contributed by atoms with Crippen LogP contribution in [0.5, 0.6) is 5.75 Å². The average molecular weight is 436 g/mol. The van der Waals surface area contributed by atoms with Gasteiger partial charge < -0.3 is 15.3 Å². The van der Waals surface area contributed by atoms with Gasteiger partial charge in [-0.15, -0.1) is 0 Å². The van der Waals surface area contributed by atoms with Crippen molar-refractivity contribution in [3.8, 4) is 17.0 Å². The van der Waals surface area contributed by atoms with Gasteiger partial charge in [0.15, 0.2) is 11.5 Å². The second kappa shape index (κ2) is 8.45. The first-order valence-electron chi connectivity index (χ1n) is 9.26. The Morgan fingerprint density at radius 2 is 1.90 bits per heavy atom. The number of nitrogens with zero attached hydrogens (tertiary/aromatic N) is 4. The monoisotopic (exact) mass is 435 g/mol. The smallest absolute Gasteiger partial charge is 0.371 e. The lowest BCUT2D eigenvalue weighted by Gasteiger charge is -2.07. The molecule has 0 radical (unpaired) electrons. The number of ether oxygens (including phenoxy) is 1. The lowest BCUT2D eigenvalue weighted by Crippen LogP contribution is -2.16. The molecule has 0 fully saturated rings. The number of halogens is 1. The van der Waals surface area contributed by atoms with Crippen LogP contribution in [-0.2, 0) is 4.84 Å². The summed E-state index contributed by atoms with van der Waals surface area (Å²) in [4.78, 5) is 22.0. The quantitative estimate of drug-likeness (QED) is 0.221. The Balaban J connectivity index is 1.63. The Bertz CT molecular complexity index is 1300. The van der Waals surface area contributed by atoms with Gasteiger partial charge in [0, 0.05) is 16.8 Å². The van der Waals surface area contributed by atoms with Gasteiger partial charge in [0.25, 0.3) is 0 Å². The maximum absolute atomic E-state index is 12.6. The molecule has 0 unspecified atom stereocenters. The third-order valence-corrected chi connectivity index (χ3v) is 4.87. The van der Waals surface area contributed by atoms with Crippen LogP contribution in [0.25, 0.3) is 16.9 Å². The lowest BCUT2D eigenvalue weighted by molar-refractivity contribution is 0.0518. The lowest BCUT2D eigenvalue weighted by atomic mass is 10.1. The molecule has 0 aliphatic heterocycles. The van der Waals surface area contributed by atoms with Crippen molar-refractivity contribution in [3.63, 3.8) is 0 Å². The number of hydrogen-bond acceptors (Lipinski definition) is 6. The van der Waals surface area contributed by atoms with E-state index in [1.807, 2.05) is 37.3 Å². The number of aryl methyl sites for hydroxylation is 1. The highest BCUT2D eigenvalue weighted by atomic mass is 35.5. The third kappa shape index (κ3) is 4.06. The fourth-order valence-electron chi connectivity index (χ4n) is 3.05. The molecule has 0 amide bonds. The Morgan fingerprint density at radius 3 is 2.65 bits per heavy atom. The van der Waals surface area contributed by atoms with Crippen LogP contribution >= 0.6 is 11.6 Å². The molecule has 0 bridgehead atoms. The average Bonchev–Trinajstić information content (AvgIpc) is 3.22. The molecule has 31 heavy (non-hydrogen) atoms. The molecular formula is C22H18ClN5O3. The highest BCUT2D eigenvalue weighted by molar-refractivity contribution is 6.31. The summed E-state index contributed by atoms with van der Waals surface area (Å²) in [6.07, 6.45) is 2.99. The zero-order chi connectivity index (χ0) is 22.0. The van der Waals surface area contributed by atoms with E-state index in [-0.39, 0.29) is 11.4 Å². The number of oxime groups is 1. The first kappa shape index (κ1) is 20.4. The first-order valence-corrected chi connectivity index (χ1v) is 9.64. The summed E-state index contributed by atoms with van der Waals surface area (Å²) in [5, 5.41) is 8.48. The molecular weight excluding hydrogens is 418 g/mol. The van der Waals surface area contributed by atoms with Crippen LogP contribution in [0, 0.1) is 6.92 Å². The van der Waals surface area contributed by atoms with Crippen LogP contribution in [0.15, 0.2) is 66.1 Å². The van der Waals surface area contributed by atoms with E-state index in [1.54, 1.807) is 28.9 Å². The largest absolute Gasteiger partial charge is 0.496 e. The molecule has 0 saturated carbocycles. The Labute approximate surface area is 182 Å². The van der Waals surface area contributed by atoms with Crippen LogP contribution in [0.1, 0.15) is 21.5 Å². The predicted molar refractivity (Wildman–Crippen MR) is 117 cm³/mol. The van der Waals surface area contributed by atoms with E-state index in [4.69, 9.17) is 26.9 Å². The number of nitrogens with two attached hydrogens (primary N) is 1. The molecule has 2 N–H and O–H groups in total. The minimum atomic E-state index is -0.743. The van der Waals surface area contributed by atoms with E-state index < -0.39 is 5.97 Å². The molecule has 2 heterocycles. The van der Waals surface area contributed by atoms with Crippen LogP contribution in [0.2, 0.25) is 5.02 Å². The third-order valence-electron chi connectivity index (χ3n) is 4.63. The summed E-state index contributed by atoms with van der Waals surface area (Å²) < 4.78 is 6.82. The predicted octanol–water partition coefficient (Wildman–Crippen LogP) is 3.84. The van der Waals surface area contributed by atoms with E-state index in [9.17, 15) is 4.79 Å². The van der Waals surface area contributed by atoms with Gasteiger partial charge in [-0.2, -0.15) is 5.10 Å². The molecule has 156 valence electrons. The number of aromatic nitrogens is 3. The van der Waals surface area contributed by atoms with Gasteiger partial charge in [0.2, 0.25) is 0 Å². The van der Waals surface area contributed by atoms with E-state index in [2.05, 4.69) is 15.2 Å². The van der Waals surface area contributed by atoms with Gasteiger partial charge in [-0.1, -0.05) is 46.6 Å². The van der Waals surface area contributed by atoms with Crippen LogP contribution in [-0.4, -0.2) is 33.5 Å².